The molecule has 18 heavy (non-hydrogen) atoms. The summed E-state index contributed by atoms with van der Waals surface area (Å²) in [5.41, 5.74) is 0. The van der Waals surface area contributed by atoms with E-state index in [0.717, 1.165) is 32.1 Å². The Morgan fingerprint density at radius 3 is 2.39 bits per heavy atom. The molecule has 1 N–H and O–H groups in total. The molecule has 2 fully saturated rings. The summed E-state index contributed by atoms with van der Waals surface area (Å²) in [6.45, 7) is 2.69. The summed E-state index contributed by atoms with van der Waals surface area (Å²) >= 11 is 0. The smallest absolute Gasteiger partial charge is 0.326 e. The van der Waals surface area contributed by atoms with Crippen LogP contribution in [-0.2, 0) is 9.59 Å². The number of carboxylic acid groups (broad SMARTS) is 1. The second-order valence-electron chi connectivity index (χ2n) is 5.85. The van der Waals surface area contributed by atoms with Crippen LogP contribution >= 0.6 is 0 Å². The predicted molar refractivity (Wildman–Crippen MR) is 68.1 cm³/mol. The quantitative estimate of drug-likeness (QED) is 0.821. The number of rotatable bonds is 2. The second-order valence-corrected chi connectivity index (χ2v) is 5.85. The molecule has 1 amide bonds. The molecule has 2 atom stereocenters. The van der Waals surface area contributed by atoms with Crippen molar-refractivity contribution >= 4 is 11.9 Å². The van der Waals surface area contributed by atoms with Crippen molar-refractivity contribution in [1.29, 1.82) is 0 Å². The number of carbonyl (C=O) groups excluding carboxylic acids is 1. The molecule has 0 bridgehead atoms. The average molecular weight is 253 g/mol. The zero-order valence-electron chi connectivity index (χ0n) is 11.1. The van der Waals surface area contributed by atoms with Crippen LogP contribution in [-0.4, -0.2) is 34.5 Å². The average Bonchev–Trinajstić information content (AvgIpc) is 2.39. The van der Waals surface area contributed by atoms with Gasteiger partial charge in [-0.05, 0) is 31.6 Å². The summed E-state index contributed by atoms with van der Waals surface area (Å²) < 4.78 is 0. The van der Waals surface area contributed by atoms with Gasteiger partial charge in [0, 0.05) is 12.5 Å². The van der Waals surface area contributed by atoms with Crippen LogP contribution in [0.3, 0.4) is 0 Å². The molecule has 0 radical (unpaired) electrons. The number of carbonyl (C=O) groups is 2. The van der Waals surface area contributed by atoms with Gasteiger partial charge in [0.1, 0.15) is 6.04 Å². The zero-order valence-corrected chi connectivity index (χ0v) is 11.1. The van der Waals surface area contributed by atoms with Crippen LogP contribution in [0.15, 0.2) is 0 Å². The lowest BCUT2D eigenvalue weighted by Gasteiger charge is -2.38. The Morgan fingerprint density at radius 2 is 1.78 bits per heavy atom. The lowest BCUT2D eigenvalue weighted by Crippen LogP contribution is -2.51. The third-order valence-corrected chi connectivity index (χ3v) is 4.39. The number of hydrogen-bond donors (Lipinski definition) is 1. The number of piperidine rings is 1. The van der Waals surface area contributed by atoms with Crippen LogP contribution in [0, 0.1) is 11.8 Å². The molecule has 1 heterocycles. The Kier molecular flexibility index (Phi) is 4.25. The number of amides is 1. The molecule has 2 rings (SSSR count). The third kappa shape index (κ3) is 2.85. The van der Waals surface area contributed by atoms with E-state index in [1.807, 2.05) is 0 Å². The van der Waals surface area contributed by atoms with Gasteiger partial charge in [-0.2, -0.15) is 0 Å². The third-order valence-electron chi connectivity index (χ3n) is 4.39. The molecule has 2 aliphatic rings. The Hall–Kier alpha value is -1.06. The van der Waals surface area contributed by atoms with E-state index < -0.39 is 12.0 Å². The highest BCUT2D eigenvalue weighted by Gasteiger charge is 2.37. The maximum absolute atomic E-state index is 12.4. The van der Waals surface area contributed by atoms with Crippen molar-refractivity contribution in [3.8, 4) is 0 Å². The van der Waals surface area contributed by atoms with Crippen molar-refractivity contribution in [3.05, 3.63) is 0 Å². The van der Waals surface area contributed by atoms with Crippen molar-refractivity contribution < 1.29 is 14.7 Å². The highest BCUT2D eigenvalue weighted by Crippen LogP contribution is 2.29. The largest absolute Gasteiger partial charge is 0.480 e. The number of likely N-dealkylation sites (tertiary alicyclic amines) is 1. The highest BCUT2D eigenvalue weighted by atomic mass is 16.4. The first-order valence-electron chi connectivity index (χ1n) is 7.13. The molecule has 0 aromatic heterocycles. The molecular formula is C14H23NO3. The Bertz CT molecular complexity index is 323. The van der Waals surface area contributed by atoms with Gasteiger partial charge >= 0.3 is 5.97 Å². The summed E-state index contributed by atoms with van der Waals surface area (Å²) in [6.07, 6.45) is 6.85. The fourth-order valence-corrected chi connectivity index (χ4v) is 3.22. The van der Waals surface area contributed by atoms with E-state index in [-0.39, 0.29) is 11.8 Å². The van der Waals surface area contributed by atoms with Gasteiger partial charge < -0.3 is 10.0 Å². The predicted octanol–water partition coefficient (Wildman–Crippen LogP) is 2.28. The minimum absolute atomic E-state index is 0.0778. The first-order chi connectivity index (χ1) is 8.59. The Morgan fingerprint density at radius 1 is 1.11 bits per heavy atom. The molecule has 1 aliphatic heterocycles. The molecule has 0 aromatic rings. The molecule has 1 saturated heterocycles. The van der Waals surface area contributed by atoms with E-state index >= 15 is 0 Å². The van der Waals surface area contributed by atoms with E-state index in [0.29, 0.717) is 18.9 Å². The first-order valence-corrected chi connectivity index (χ1v) is 7.13. The number of carboxylic acids is 1. The lowest BCUT2D eigenvalue weighted by atomic mass is 9.86. The van der Waals surface area contributed by atoms with E-state index in [4.69, 9.17) is 0 Å². The number of hydrogen-bond acceptors (Lipinski definition) is 2. The topological polar surface area (TPSA) is 57.6 Å². The molecule has 4 heteroatoms. The molecule has 102 valence electrons. The first kappa shape index (κ1) is 13.4. The van der Waals surface area contributed by atoms with Crippen LogP contribution in [0.1, 0.15) is 51.9 Å². The van der Waals surface area contributed by atoms with Crippen LogP contribution in [0.5, 0.6) is 0 Å². The second kappa shape index (κ2) is 5.72. The summed E-state index contributed by atoms with van der Waals surface area (Å²) in [6, 6.07) is -0.594. The number of nitrogens with zero attached hydrogens (tertiary/aromatic N) is 1. The lowest BCUT2D eigenvalue weighted by molar-refractivity contribution is -0.155. The van der Waals surface area contributed by atoms with Crippen LogP contribution in [0.2, 0.25) is 0 Å². The van der Waals surface area contributed by atoms with Crippen LogP contribution in [0.25, 0.3) is 0 Å². The van der Waals surface area contributed by atoms with Crippen LogP contribution in [0.4, 0.5) is 0 Å². The monoisotopic (exact) mass is 253 g/mol. The zero-order chi connectivity index (χ0) is 13.1. The SMILES string of the molecule is CC1CCN(C(=O)C2CCCCC2)C(C(=O)O)C1. The molecule has 1 saturated carbocycles. The summed E-state index contributed by atoms with van der Waals surface area (Å²) in [7, 11) is 0. The van der Waals surface area contributed by atoms with Crippen molar-refractivity contribution in [1.82, 2.24) is 4.90 Å². The minimum Gasteiger partial charge on any atom is -0.480 e. The molecule has 4 nitrogen and oxygen atoms in total. The van der Waals surface area contributed by atoms with Crippen molar-refractivity contribution in [3.63, 3.8) is 0 Å². The summed E-state index contributed by atoms with van der Waals surface area (Å²) in [5, 5.41) is 9.28. The van der Waals surface area contributed by atoms with Gasteiger partial charge in [-0.25, -0.2) is 4.79 Å². The fourth-order valence-electron chi connectivity index (χ4n) is 3.22. The van der Waals surface area contributed by atoms with Gasteiger partial charge in [-0.1, -0.05) is 26.2 Å². The molecular weight excluding hydrogens is 230 g/mol. The van der Waals surface area contributed by atoms with Gasteiger partial charge in [-0.15, -0.1) is 0 Å². The van der Waals surface area contributed by atoms with Crippen molar-refractivity contribution in [2.75, 3.05) is 6.54 Å². The Balaban J connectivity index is 2.04. The standard InChI is InChI=1S/C14H23NO3/c1-10-7-8-15(12(9-10)14(17)18)13(16)11-5-3-2-4-6-11/h10-12H,2-9H2,1H3,(H,17,18). The van der Waals surface area contributed by atoms with E-state index in [9.17, 15) is 14.7 Å². The molecule has 1 aliphatic carbocycles. The van der Waals surface area contributed by atoms with Gasteiger partial charge in [0.2, 0.25) is 5.91 Å². The highest BCUT2D eigenvalue weighted by molar-refractivity contribution is 5.85. The number of aliphatic carboxylic acids is 1. The Labute approximate surface area is 108 Å². The van der Waals surface area contributed by atoms with E-state index in [1.54, 1.807) is 4.90 Å². The van der Waals surface area contributed by atoms with E-state index in [1.165, 1.54) is 6.42 Å². The van der Waals surface area contributed by atoms with E-state index in [2.05, 4.69) is 6.92 Å². The molecule has 0 aromatic carbocycles. The maximum atomic E-state index is 12.4. The van der Waals surface area contributed by atoms with Crippen molar-refractivity contribution in [2.45, 2.75) is 57.9 Å². The summed E-state index contributed by atoms with van der Waals surface area (Å²) in [4.78, 5) is 25.4. The van der Waals surface area contributed by atoms with Gasteiger partial charge in [0.15, 0.2) is 0 Å². The fraction of sp³-hybridized carbons (Fsp3) is 0.857. The summed E-state index contributed by atoms with van der Waals surface area (Å²) in [5.74, 6) is -0.268. The van der Waals surface area contributed by atoms with Gasteiger partial charge in [0.25, 0.3) is 0 Å². The molecule has 2 unspecified atom stereocenters. The van der Waals surface area contributed by atoms with Crippen LogP contribution < -0.4 is 0 Å². The van der Waals surface area contributed by atoms with Gasteiger partial charge in [-0.3, -0.25) is 4.79 Å². The van der Waals surface area contributed by atoms with Gasteiger partial charge in [0.05, 0.1) is 0 Å². The maximum Gasteiger partial charge on any atom is 0.326 e. The normalized spacial score (nSPS) is 30.2. The molecule has 0 spiro atoms. The van der Waals surface area contributed by atoms with Crippen molar-refractivity contribution in [2.24, 2.45) is 11.8 Å². The minimum atomic E-state index is -0.842.